The first kappa shape index (κ1) is 15.9. The summed E-state index contributed by atoms with van der Waals surface area (Å²) in [6.45, 7) is 8.55. The van der Waals surface area contributed by atoms with Gasteiger partial charge in [-0.2, -0.15) is 0 Å². The van der Waals surface area contributed by atoms with E-state index in [1.54, 1.807) is 9.80 Å². The van der Waals surface area contributed by atoms with E-state index in [9.17, 15) is 9.59 Å². The molecule has 1 unspecified atom stereocenters. The number of carbonyl (C=O) groups is 2. The van der Waals surface area contributed by atoms with Crippen molar-refractivity contribution in [2.24, 2.45) is 11.1 Å². The van der Waals surface area contributed by atoms with Gasteiger partial charge >= 0.3 is 12.2 Å². The molecule has 0 bridgehead atoms. The molecule has 2 fully saturated rings. The van der Waals surface area contributed by atoms with Gasteiger partial charge in [-0.25, -0.2) is 9.59 Å². The smallest absolute Gasteiger partial charge is 0.410 e. The summed E-state index contributed by atoms with van der Waals surface area (Å²) < 4.78 is 10.7. The summed E-state index contributed by atoms with van der Waals surface area (Å²) in [7, 11) is 0. The first-order valence-corrected chi connectivity index (χ1v) is 7.34. The van der Waals surface area contributed by atoms with E-state index >= 15 is 0 Å². The number of hydrogen-bond donors (Lipinski definition) is 1. The van der Waals surface area contributed by atoms with Crippen LogP contribution >= 0.6 is 0 Å². The van der Waals surface area contributed by atoms with Crippen LogP contribution in [0.15, 0.2) is 0 Å². The summed E-state index contributed by atoms with van der Waals surface area (Å²) in [5.74, 6) is 0. The van der Waals surface area contributed by atoms with Crippen LogP contribution in [0.3, 0.4) is 0 Å². The largest absolute Gasteiger partial charge is 0.449 e. The molecule has 7 nitrogen and oxygen atoms in total. The van der Waals surface area contributed by atoms with Crippen LogP contribution < -0.4 is 5.73 Å². The number of rotatable bonds is 2. The summed E-state index contributed by atoms with van der Waals surface area (Å²) >= 11 is 0. The number of carbonyl (C=O) groups excluding carboxylic acids is 2. The molecule has 2 amide bonds. The van der Waals surface area contributed by atoms with Crippen molar-refractivity contribution in [2.75, 3.05) is 39.3 Å². The van der Waals surface area contributed by atoms with Crippen molar-refractivity contribution >= 4 is 12.2 Å². The van der Waals surface area contributed by atoms with Crippen LogP contribution in [0, 0.1) is 5.41 Å². The Morgan fingerprint density at radius 3 is 2.76 bits per heavy atom. The van der Waals surface area contributed by atoms with Gasteiger partial charge in [0.25, 0.3) is 0 Å². The maximum Gasteiger partial charge on any atom is 0.410 e. The molecule has 0 radical (unpaired) electrons. The second kappa shape index (κ2) is 5.71. The van der Waals surface area contributed by atoms with Crippen molar-refractivity contribution in [3.05, 3.63) is 0 Å². The minimum absolute atomic E-state index is 0.194. The van der Waals surface area contributed by atoms with E-state index in [-0.39, 0.29) is 17.6 Å². The Hall–Kier alpha value is -1.50. The van der Waals surface area contributed by atoms with Gasteiger partial charge < -0.3 is 25.0 Å². The number of nitrogens with two attached hydrogens (primary N) is 1. The zero-order valence-electron chi connectivity index (χ0n) is 13.1. The topological polar surface area (TPSA) is 85.1 Å². The number of cyclic esters (lactones) is 1. The van der Waals surface area contributed by atoms with E-state index in [0.717, 1.165) is 6.42 Å². The van der Waals surface area contributed by atoms with Crippen molar-refractivity contribution in [3.63, 3.8) is 0 Å². The van der Waals surface area contributed by atoms with Crippen LogP contribution in [-0.4, -0.2) is 66.9 Å². The molecule has 0 aromatic heterocycles. The van der Waals surface area contributed by atoms with Gasteiger partial charge in [0.05, 0.1) is 0 Å². The molecule has 2 rings (SSSR count). The normalized spacial score (nSPS) is 26.2. The molecule has 0 aliphatic carbocycles. The fraction of sp³-hybridized carbons (Fsp3) is 0.857. The van der Waals surface area contributed by atoms with Crippen LogP contribution in [-0.2, 0) is 9.47 Å². The van der Waals surface area contributed by atoms with Gasteiger partial charge in [-0.3, -0.25) is 0 Å². The van der Waals surface area contributed by atoms with Crippen LogP contribution in [0.1, 0.15) is 27.2 Å². The van der Waals surface area contributed by atoms with Gasteiger partial charge in [-0.15, -0.1) is 0 Å². The van der Waals surface area contributed by atoms with Crippen LogP contribution in [0.5, 0.6) is 0 Å². The molecule has 2 saturated heterocycles. The first-order chi connectivity index (χ1) is 9.75. The number of amides is 2. The Morgan fingerprint density at radius 2 is 2.14 bits per heavy atom. The first-order valence-electron chi connectivity index (χ1n) is 7.34. The Labute approximate surface area is 125 Å². The predicted molar refractivity (Wildman–Crippen MR) is 76.8 cm³/mol. The van der Waals surface area contributed by atoms with Crippen LogP contribution in [0.2, 0.25) is 0 Å². The van der Waals surface area contributed by atoms with Gasteiger partial charge in [0, 0.05) is 38.1 Å². The predicted octanol–water partition coefficient (Wildman–Crippen LogP) is 1.02. The third-order valence-corrected chi connectivity index (χ3v) is 3.78. The van der Waals surface area contributed by atoms with Crippen LogP contribution in [0.4, 0.5) is 9.59 Å². The number of likely N-dealkylation sites (tertiary alicyclic amines) is 1. The highest BCUT2D eigenvalue weighted by molar-refractivity contribution is 5.70. The summed E-state index contributed by atoms with van der Waals surface area (Å²) in [4.78, 5) is 27.1. The Balaban J connectivity index is 1.97. The molecule has 7 heteroatoms. The fourth-order valence-corrected chi connectivity index (χ4v) is 2.81. The lowest BCUT2D eigenvalue weighted by atomic mass is 9.86. The molecule has 2 aliphatic rings. The van der Waals surface area contributed by atoms with Crippen molar-refractivity contribution in [1.29, 1.82) is 0 Å². The lowest BCUT2D eigenvalue weighted by Gasteiger charge is -2.39. The molecule has 2 aliphatic heterocycles. The van der Waals surface area contributed by atoms with Gasteiger partial charge in [-0.05, 0) is 27.2 Å². The molecule has 2 N–H and O–H groups in total. The average molecular weight is 299 g/mol. The Kier molecular flexibility index (Phi) is 4.32. The summed E-state index contributed by atoms with van der Waals surface area (Å²) in [6.07, 6.45) is 0.184. The van der Waals surface area contributed by atoms with Crippen molar-refractivity contribution in [2.45, 2.75) is 32.8 Å². The van der Waals surface area contributed by atoms with Crippen molar-refractivity contribution in [1.82, 2.24) is 9.80 Å². The summed E-state index contributed by atoms with van der Waals surface area (Å²) in [5.41, 5.74) is 4.82. The lowest BCUT2D eigenvalue weighted by molar-refractivity contribution is -0.00600. The maximum atomic E-state index is 12.1. The zero-order chi connectivity index (χ0) is 15.7. The maximum absolute atomic E-state index is 12.1. The molecule has 0 saturated carbocycles. The average Bonchev–Trinajstić information content (AvgIpc) is 2.77. The monoisotopic (exact) mass is 299 g/mol. The van der Waals surface area contributed by atoms with E-state index in [2.05, 4.69) is 0 Å². The van der Waals surface area contributed by atoms with Crippen molar-refractivity contribution in [3.8, 4) is 0 Å². The van der Waals surface area contributed by atoms with E-state index in [1.165, 1.54) is 0 Å². The van der Waals surface area contributed by atoms with E-state index in [1.807, 2.05) is 20.8 Å². The Bertz CT molecular complexity index is 421. The van der Waals surface area contributed by atoms with E-state index in [4.69, 9.17) is 15.2 Å². The second-order valence-corrected chi connectivity index (χ2v) is 6.92. The Morgan fingerprint density at radius 1 is 1.43 bits per heavy atom. The molecule has 0 aromatic rings. The highest BCUT2D eigenvalue weighted by atomic mass is 16.6. The number of ether oxygens (including phenoxy) is 2. The quantitative estimate of drug-likeness (QED) is 0.823. The van der Waals surface area contributed by atoms with Crippen molar-refractivity contribution < 1.29 is 19.1 Å². The fourth-order valence-electron chi connectivity index (χ4n) is 2.81. The van der Waals surface area contributed by atoms with Gasteiger partial charge in [0.15, 0.2) is 0 Å². The highest BCUT2D eigenvalue weighted by Gasteiger charge is 2.46. The molecule has 0 aromatic carbocycles. The molecule has 120 valence electrons. The number of hydrogen-bond acceptors (Lipinski definition) is 5. The third kappa shape index (κ3) is 3.78. The van der Waals surface area contributed by atoms with E-state index < -0.39 is 5.60 Å². The number of nitrogens with zero attached hydrogens (tertiary/aromatic N) is 2. The molecular formula is C14H25N3O4. The standard InChI is InChI=1S/C14H25N3O4/c1-13(2,3)21-12(19)16-6-4-14(8-16)9-17(7-5-15)11(18)20-10-14/h4-10,15H2,1-3H3. The molecule has 2 heterocycles. The summed E-state index contributed by atoms with van der Waals surface area (Å²) in [6, 6.07) is 0. The van der Waals surface area contributed by atoms with Gasteiger partial charge in [-0.1, -0.05) is 0 Å². The minimum atomic E-state index is -0.503. The lowest BCUT2D eigenvalue weighted by Crippen LogP contribution is -2.52. The van der Waals surface area contributed by atoms with Gasteiger partial charge in [0.1, 0.15) is 12.2 Å². The van der Waals surface area contributed by atoms with E-state index in [0.29, 0.717) is 39.3 Å². The summed E-state index contributed by atoms with van der Waals surface area (Å²) in [5, 5.41) is 0. The zero-order valence-corrected chi connectivity index (χ0v) is 13.1. The SMILES string of the molecule is CC(C)(C)OC(=O)N1CCC2(COC(=O)N(CCN)C2)C1. The second-order valence-electron chi connectivity index (χ2n) is 6.92. The van der Waals surface area contributed by atoms with Crippen LogP contribution in [0.25, 0.3) is 0 Å². The molecule has 1 atom stereocenters. The minimum Gasteiger partial charge on any atom is -0.449 e. The highest BCUT2D eigenvalue weighted by Crippen LogP contribution is 2.35. The molecular weight excluding hydrogens is 274 g/mol. The third-order valence-electron chi connectivity index (χ3n) is 3.78. The molecule has 1 spiro atoms. The van der Waals surface area contributed by atoms with Gasteiger partial charge in [0.2, 0.25) is 0 Å². The molecule has 21 heavy (non-hydrogen) atoms.